The zero-order chi connectivity index (χ0) is 15.7. The van der Waals surface area contributed by atoms with Gasteiger partial charge in [0.2, 0.25) is 0 Å². The van der Waals surface area contributed by atoms with E-state index in [0.717, 1.165) is 18.6 Å². The van der Waals surface area contributed by atoms with Crippen LogP contribution in [0.5, 0.6) is 5.75 Å². The maximum Gasteiger partial charge on any atom is 0.122 e. The average Bonchev–Trinajstić information content (AvgIpc) is 2.53. The van der Waals surface area contributed by atoms with Crippen LogP contribution in [0.1, 0.15) is 61.6 Å². The highest BCUT2D eigenvalue weighted by Gasteiger charge is 2.22. The Morgan fingerprint density at radius 1 is 1.27 bits per heavy atom. The number of hydrogen-bond acceptors (Lipinski definition) is 2. The lowest BCUT2D eigenvalue weighted by Gasteiger charge is -2.27. The third-order valence-corrected chi connectivity index (χ3v) is 5.04. The van der Waals surface area contributed by atoms with E-state index in [9.17, 15) is 5.11 Å². The van der Waals surface area contributed by atoms with E-state index in [1.807, 2.05) is 0 Å². The summed E-state index contributed by atoms with van der Waals surface area (Å²) in [4.78, 5) is 0. The molecule has 0 unspecified atom stereocenters. The van der Waals surface area contributed by atoms with Crippen molar-refractivity contribution >= 4 is 10.8 Å². The third-order valence-electron chi connectivity index (χ3n) is 5.04. The van der Waals surface area contributed by atoms with E-state index in [2.05, 4.69) is 38.1 Å². The van der Waals surface area contributed by atoms with Gasteiger partial charge in [-0.2, -0.15) is 0 Å². The Bertz CT molecular complexity index is 673. The first-order valence-electron chi connectivity index (χ1n) is 8.40. The molecule has 2 heteroatoms. The smallest absolute Gasteiger partial charge is 0.122 e. The van der Waals surface area contributed by atoms with E-state index < -0.39 is 0 Å². The number of methoxy groups -OCH3 is 1. The van der Waals surface area contributed by atoms with E-state index in [4.69, 9.17) is 4.74 Å². The minimum Gasteiger partial charge on any atom is -0.496 e. The third kappa shape index (κ3) is 2.61. The Balaban J connectivity index is 2.18. The van der Waals surface area contributed by atoms with Crippen molar-refractivity contribution in [3.05, 3.63) is 41.0 Å². The van der Waals surface area contributed by atoms with Gasteiger partial charge in [-0.25, -0.2) is 0 Å². The van der Waals surface area contributed by atoms with Gasteiger partial charge in [0.05, 0.1) is 7.11 Å². The normalized spacial score (nSPS) is 17.8. The van der Waals surface area contributed by atoms with Gasteiger partial charge in [0.25, 0.3) is 0 Å². The fourth-order valence-electron chi connectivity index (χ4n) is 3.87. The summed E-state index contributed by atoms with van der Waals surface area (Å²) in [5.41, 5.74) is 4.18. The van der Waals surface area contributed by atoms with Gasteiger partial charge in [0.15, 0.2) is 0 Å². The molecule has 0 bridgehead atoms. The predicted octanol–water partition coefficient (Wildman–Crippen LogP) is 4.77. The molecule has 1 atom stereocenters. The molecule has 0 spiro atoms. The largest absolute Gasteiger partial charge is 0.496 e. The van der Waals surface area contributed by atoms with Crippen LogP contribution in [0.2, 0.25) is 0 Å². The number of aliphatic hydroxyl groups excluding tert-OH is 1. The number of aryl methyl sites for hydroxylation is 1. The van der Waals surface area contributed by atoms with Gasteiger partial charge < -0.3 is 9.84 Å². The summed E-state index contributed by atoms with van der Waals surface area (Å²) in [6, 6.07) is 9.04. The molecule has 0 saturated heterocycles. The highest BCUT2D eigenvalue weighted by atomic mass is 16.5. The van der Waals surface area contributed by atoms with Crippen LogP contribution >= 0.6 is 0 Å². The maximum atomic E-state index is 9.32. The molecule has 1 aliphatic rings. The van der Waals surface area contributed by atoms with E-state index in [-0.39, 0.29) is 6.61 Å². The molecule has 0 saturated carbocycles. The molecule has 2 nitrogen and oxygen atoms in total. The summed E-state index contributed by atoms with van der Waals surface area (Å²) in [6.45, 7) is 4.69. The Morgan fingerprint density at radius 2 is 2.09 bits per heavy atom. The highest BCUT2D eigenvalue weighted by molar-refractivity contribution is 5.89. The van der Waals surface area contributed by atoms with Gasteiger partial charge in [-0.05, 0) is 77.1 Å². The predicted molar refractivity (Wildman–Crippen MR) is 92.0 cm³/mol. The molecule has 2 aromatic carbocycles. The molecule has 1 N–H and O–H groups in total. The molecule has 0 fully saturated rings. The number of benzene rings is 2. The lowest BCUT2D eigenvalue weighted by molar-refractivity contribution is 0.269. The van der Waals surface area contributed by atoms with Gasteiger partial charge in [0.1, 0.15) is 5.75 Å². The van der Waals surface area contributed by atoms with Crippen molar-refractivity contribution in [3.63, 3.8) is 0 Å². The molecular formula is C20H26O2. The Morgan fingerprint density at radius 3 is 2.77 bits per heavy atom. The molecule has 3 rings (SSSR count). The van der Waals surface area contributed by atoms with Gasteiger partial charge in [-0.3, -0.25) is 0 Å². The minimum atomic E-state index is 0.276. The van der Waals surface area contributed by atoms with E-state index >= 15 is 0 Å². The van der Waals surface area contributed by atoms with Crippen LogP contribution in [0.4, 0.5) is 0 Å². The number of ether oxygens (including phenoxy) is 1. The first kappa shape index (κ1) is 15.4. The Kier molecular flexibility index (Phi) is 4.39. The van der Waals surface area contributed by atoms with Crippen LogP contribution < -0.4 is 4.74 Å². The standard InChI is InChI=1S/C20H26O2/c1-13(2)18-11-15-7-8-16-14(9-10-21)5-4-6-17(16)19(15)12-20(18)22-3/h7-8,11-14,21H,4-6,9-10H2,1-3H3/t14-/m0/s1. The minimum absolute atomic E-state index is 0.276. The van der Waals surface area contributed by atoms with Crippen LogP contribution in [0, 0.1) is 0 Å². The zero-order valence-electron chi connectivity index (χ0n) is 13.9. The van der Waals surface area contributed by atoms with E-state index in [1.165, 1.54) is 40.3 Å². The second-order valence-electron chi connectivity index (χ2n) is 6.70. The molecule has 0 aromatic heterocycles. The summed E-state index contributed by atoms with van der Waals surface area (Å²) in [5.74, 6) is 1.96. The van der Waals surface area contributed by atoms with Crippen LogP contribution in [-0.2, 0) is 6.42 Å². The summed E-state index contributed by atoms with van der Waals surface area (Å²) < 4.78 is 5.64. The van der Waals surface area contributed by atoms with Gasteiger partial charge >= 0.3 is 0 Å². The second kappa shape index (κ2) is 6.29. The molecule has 0 radical (unpaired) electrons. The first-order chi connectivity index (χ1) is 10.7. The van der Waals surface area contributed by atoms with Crippen LogP contribution in [0.15, 0.2) is 24.3 Å². The molecule has 118 valence electrons. The monoisotopic (exact) mass is 298 g/mol. The molecule has 0 heterocycles. The number of aliphatic hydroxyl groups is 1. The van der Waals surface area contributed by atoms with Crippen molar-refractivity contribution in [1.29, 1.82) is 0 Å². The van der Waals surface area contributed by atoms with Crippen molar-refractivity contribution in [3.8, 4) is 5.75 Å². The summed E-state index contributed by atoms with van der Waals surface area (Å²) in [6.07, 6.45) is 4.42. The number of hydrogen-bond donors (Lipinski definition) is 1. The van der Waals surface area contributed by atoms with Crippen molar-refractivity contribution in [2.24, 2.45) is 0 Å². The highest BCUT2D eigenvalue weighted by Crippen LogP contribution is 2.40. The first-order valence-corrected chi connectivity index (χ1v) is 8.40. The maximum absolute atomic E-state index is 9.32. The quantitative estimate of drug-likeness (QED) is 0.880. The molecule has 0 aliphatic heterocycles. The topological polar surface area (TPSA) is 29.5 Å². The lowest BCUT2D eigenvalue weighted by Crippen LogP contribution is -2.11. The summed E-state index contributed by atoms with van der Waals surface area (Å²) in [5, 5.41) is 12.0. The van der Waals surface area contributed by atoms with Crippen molar-refractivity contribution in [2.45, 2.75) is 51.4 Å². The Hall–Kier alpha value is -1.54. The van der Waals surface area contributed by atoms with Gasteiger partial charge in [-0.15, -0.1) is 0 Å². The van der Waals surface area contributed by atoms with E-state index in [1.54, 1.807) is 7.11 Å². The molecular weight excluding hydrogens is 272 g/mol. The fourth-order valence-corrected chi connectivity index (χ4v) is 3.87. The zero-order valence-corrected chi connectivity index (χ0v) is 13.9. The van der Waals surface area contributed by atoms with Crippen LogP contribution in [0.25, 0.3) is 10.8 Å². The van der Waals surface area contributed by atoms with Crippen molar-refractivity contribution in [1.82, 2.24) is 0 Å². The van der Waals surface area contributed by atoms with Crippen LogP contribution in [-0.4, -0.2) is 18.8 Å². The van der Waals surface area contributed by atoms with Gasteiger partial charge in [-0.1, -0.05) is 26.0 Å². The number of rotatable bonds is 4. The fraction of sp³-hybridized carbons (Fsp3) is 0.500. The van der Waals surface area contributed by atoms with E-state index in [0.29, 0.717) is 11.8 Å². The molecule has 2 aromatic rings. The van der Waals surface area contributed by atoms with Crippen molar-refractivity contribution < 1.29 is 9.84 Å². The molecule has 1 aliphatic carbocycles. The average molecular weight is 298 g/mol. The number of fused-ring (bicyclic) bond motifs is 3. The van der Waals surface area contributed by atoms with Crippen molar-refractivity contribution in [2.75, 3.05) is 13.7 Å². The Labute approximate surface area is 133 Å². The van der Waals surface area contributed by atoms with Gasteiger partial charge in [0, 0.05) is 6.61 Å². The molecule has 22 heavy (non-hydrogen) atoms. The molecule has 0 amide bonds. The SMILES string of the molecule is COc1cc2c3c(ccc2cc1C(C)C)[C@H](CCO)CCC3. The summed E-state index contributed by atoms with van der Waals surface area (Å²) >= 11 is 0. The summed E-state index contributed by atoms with van der Waals surface area (Å²) in [7, 11) is 1.76. The lowest BCUT2D eigenvalue weighted by atomic mass is 9.79. The van der Waals surface area contributed by atoms with Crippen LogP contribution in [0.3, 0.4) is 0 Å². The second-order valence-corrected chi connectivity index (χ2v) is 6.70.